The van der Waals surface area contributed by atoms with E-state index in [4.69, 9.17) is 0 Å². The highest BCUT2D eigenvalue weighted by molar-refractivity contribution is 5.32. The quantitative estimate of drug-likeness (QED) is 0.834. The van der Waals surface area contributed by atoms with Crippen LogP contribution in [0.5, 0.6) is 5.75 Å². The van der Waals surface area contributed by atoms with Crippen LogP contribution in [0.25, 0.3) is 0 Å². The largest absolute Gasteiger partial charge is 0.508 e. The number of nitrogens with one attached hydrogen (secondary N) is 1. The first-order valence-corrected chi connectivity index (χ1v) is 6.85. The van der Waals surface area contributed by atoms with Crippen LogP contribution >= 0.6 is 0 Å². The molecule has 0 aromatic heterocycles. The van der Waals surface area contributed by atoms with Gasteiger partial charge in [0, 0.05) is 18.2 Å². The molecule has 2 nitrogen and oxygen atoms in total. The van der Waals surface area contributed by atoms with Crippen LogP contribution in [0.15, 0.2) is 24.3 Å². The van der Waals surface area contributed by atoms with Crippen LogP contribution in [0.1, 0.15) is 24.8 Å². The monoisotopic (exact) mass is 229 g/mol. The minimum Gasteiger partial charge on any atom is -0.508 e. The average molecular weight is 229 g/mol. The zero-order valence-electron chi connectivity index (χ0n) is 9.97. The number of phenols is 1. The third-order valence-electron chi connectivity index (χ3n) is 5.26. The Hall–Kier alpha value is -1.02. The number of phenolic OH excluding ortho intramolecular Hbond substituents is 1. The second kappa shape index (κ2) is 3.49. The van der Waals surface area contributed by atoms with Crippen molar-refractivity contribution in [2.75, 3.05) is 0 Å². The minimum absolute atomic E-state index is 0.425. The van der Waals surface area contributed by atoms with Gasteiger partial charge in [-0.25, -0.2) is 0 Å². The number of aromatic hydroxyl groups is 1. The summed E-state index contributed by atoms with van der Waals surface area (Å²) < 4.78 is 0. The Kier molecular flexibility index (Phi) is 2.04. The maximum atomic E-state index is 9.72. The summed E-state index contributed by atoms with van der Waals surface area (Å²) in [4.78, 5) is 0. The van der Waals surface area contributed by atoms with Crippen LogP contribution < -0.4 is 5.32 Å². The molecule has 3 aliphatic rings. The van der Waals surface area contributed by atoms with Crippen molar-refractivity contribution in [3.63, 3.8) is 0 Å². The van der Waals surface area contributed by atoms with Gasteiger partial charge in [0.25, 0.3) is 0 Å². The first-order valence-electron chi connectivity index (χ1n) is 6.85. The van der Waals surface area contributed by atoms with E-state index in [2.05, 4.69) is 5.32 Å². The van der Waals surface area contributed by atoms with Crippen LogP contribution in [0.4, 0.5) is 0 Å². The van der Waals surface area contributed by atoms with Gasteiger partial charge in [0.2, 0.25) is 0 Å². The van der Waals surface area contributed by atoms with Crippen molar-refractivity contribution in [1.29, 1.82) is 0 Å². The lowest BCUT2D eigenvalue weighted by Crippen LogP contribution is -2.22. The van der Waals surface area contributed by atoms with Crippen molar-refractivity contribution in [3.8, 4) is 5.75 Å². The smallest absolute Gasteiger partial charge is 0.120 e. The van der Waals surface area contributed by atoms with Crippen molar-refractivity contribution in [2.24, 2.45) is 23.7 Å². The number of para-hydroxylation sites is 1. The second-order valence-corrected chi connectivity index (χ2v) is 6.02. The van der Waals surface area contributed by atoms with Crippen molar-refractivity contribution >= 4 is 0 Å². The van der Waals surface area contributed by atoms with Gasteiger partial charge >= 0.3 is 0 Å². The van der Waals surface area contributed by atoms with E-state index in [1.807, 2.05) is 18.2 Å². The molecule has 0 amide bonds. The summed E-state index contributed by atoms with van der Waals surface area (Å²) in [7, 11) is 0. The average Bonchev–Trinajstić information content (AvgIpc) is 2.74. The fourth-order valence-corrected chi connectivity index (χ4v) is 4.49. The first kappa shape index (κ1) is 9.95. The fraction of sp³-hybridized carbons (Fsp3) is 0.600. The molecule has 4 rings (SSSR count). The van der Waals surface area contributed by atoms with E-state index in [1.165, 1.54) is 19.3 Å². The van der Waals surface area contributed by atoms with E-state index in [1.54, 1.807) is 6.07 Å². The lowest BCUT2D eigenvalue weighted by atomic mass is 10.0. The topological polar surface area (TPSA) is 32.3 Å². The Bertz CT molecular complexity index is 428. The van der Waals surface area contributed by atoms with Crippen molar-refractivity contribution < 1.29 is 5.11 Å². The summed E-state index contributed by atoms with van der Waals surface area (Å²) in [5.41, 5.74) is 1.03. The highest BCUT2D eigenvalue weighted by atomic mass is 16.3. The van der Waals surface area contributed by atoms with Gasteiger partial charge in [-0.3, -0.25) is 0 Å². The Balaban J connectivity index is 1.40. The molecule has 0 aliphatic heterocycles. The molecule has 3 fully saturated rings. The standard InChI is InChI=1S/C15H19NO/c17-12-4-2-1-3-11(12)8-16-15-13-9-5-6-10(7-9)14(13)15/h1-4,9-10,13-17H,5-8H2. The van der Waals surface area contributed by atoms with E-state index in [9.17, 15) is 5.11 Å². The zero-order valence-corrected chi connectivity index (χ0v) is 9.97. The molecule has 0 heterocycles. The fourth-order valence-electron chi connectivity index (χ4n) is 4.49. The van der Waals surface area contributed by atoms with Gasteiger partial charge in [0.1, 0.15) is 5.75 Å². The summed E-state index contributed by atoms with van der Waals surface area (Å²) in [6.07, 6.45) is 4.45. The molecule has 0 saturated heterocycles. The van der Waals surface area contributed by atoms with Gasteiger partial charge < -0.3 is 10.4 Å². The van der Waals surface area contributed by atoms with Gasteiger partial charge in [0.05, 0.1) is 0 Å². The molecule has 0 radical (unpaired) electrons. The van der Waals surface area contributed by atoms with Crippen molar-refractivity contribution in [2.45, 2.75) is 31.8 Å². The van der Waals surface area contributed by atoms with Gasteiger partial charge in [-0.05, 0) is 49.0 Å². The summed E-state index contributed by atoms with van der Waals surface area (Å²) in [6.45, 7) is 0.823. The Morgan fingerprint density at radius 3 is 2.53 bits per heavy atom. The number of fused-ring (bicyclic) bond motifs is 5. The SMILES string of the molecule is Oc1ccccc1CNC1C2C3CCC(C3)C12. The molecule has 2 heteroatoms. The third-order valence-corrected chi connectivity index (χ3v) is 5.26. The lowest BCUT2D eigenvalue weighted by Gasteiger charge is -2.11. The molecule has 17 heavy (non-hydrogen) atoms. The van der Waals surface area contributed by atoms with Crippen LogP contribution in [0.2, 0.25) is 0 Å². The molecule has 4 unspecified atom stereocenters. The van der Waals surface area contributed by atoms with Gasteiger partial charge in [0.15, 0.2) is 0 Å². The minimum atomic E-state index is 0.425. The Labute approximate surface area is 102 Å². The number of rotatable bonds is 3. The number of benzene rings is 1. The third kappa shape index (κ3) is 1.43. The molecule has 2 bridgehead atoms. The Morgan fingerprint density at radius 1 is 1.12 bits per heavy atom. The molecule has 90 valence electrons. The van der Waals surface area contributed by atoms with Crippen LogP contribution in [0.3, 0.4) is 0 Å². The van der Waals surface area contributed by atoms with Crippen molar-refractivity contribution in [1.82, 2.24) is 5.32 Å². The summed E-state index contributed by atoms with van der Waals surface area (Å²) in [6, 6.07) is 8.41. The first-order chi connectivity index (χ1) is 8.34. The zero-order chi connectivity index (χ0) is 11.4. The van der Waals surface area contributed by atoms with E-state index in [0.717, 1.165) is 41.8 Å². The molecule has 0 spiro atoms. The number of hydrogen-bond donors (Lipinski definition) is 2. The molecule has 3 saturated carbocycles. The lowest BCUT2D eigenvalue weighted by molar-refractivity contribution is 0.445. The maximum Gasteiger partial charge on any atom is 0.120 e. The van der Waals surface area contributed by atoms with Crippen LogP contribution in [-0.4, -0.2) is 11.1 Å². The van der Waals surface area contributed by atoms with E-state index in [-0.39, 0.29) is 0 Å². The van der Waals surface area contributed by atoms with Crippen molar-refractivity contribution in [3.05, 3.63) is 29.8 Å². The predicted molar refractivity (Wildman–Crippen MR) is 66.5 cm³/mol. The van der Waals surface area contributed by atoms with E-state index >= 15 is 0 Å². The summed E-state index contributed by atoms with van der Waals surface area (Å²) in [5, 5.41) is 13.4. The molecule has 2 N–H and O–H groups in total. The summed E-state index contributed by atoms with van der Waals surface area (Å²) >= 11 is 0. The van der Waals surface area contributed by atoms with Crippen LogP contribution in [0, 0.1) is 23.7 Å². The molecule has 1 aromatic carbocycles. The van der Waals surface area contributed by atoms with Gasteiger partial charge in [-0.15, -0.1) is 0 Å². The molecule has 3 aliphatic carbocycles. The summed E-state index contributed by atoms with van der Waals surface area (Å²) in [5.74, 6) is 4.41. The predicted octanol–water partition coefficient (Wildman–Crippen LogP) is 2.53. The molecular weight excluding hydrogens is 210 g/mol. The molecular formula is C15H19NO. The highest BCUT2D eigenvalue weighted by Gasteiger charge is 2.64. The van der Waals surface area contributed by atoms with E-state index < -0.39 is 0 Å². The molecule has 4 atom stereocenters. The second-order valence-electron chi connectivity index (χ2n) is 6.02. The molecule has 1 aromatic rings. The van der Waals surface area contributed by atoms with Gasteiger partial charge in [-0.1, -0.05) is 18.2 Å². The normalized spacial score (nSPS) is 41.5. The van der Waals surface area contributed by atoms with Gasteiger partial charge in [-0.2, -0.15) is 0 Å². The highest BCUT2D eigenvalue weighted by Crippen LogP contribution is 2.65. The number of hydrogen-bond acceptors (Lipinski definition) is 2. The maximum absolute atomic E-state index is 9.72. The van der Waals surface area contributed by atoms with Crippen LogP contribution in [-0.2, 0) is 6.54 Å². The van der Waals surface area contributed by atoms with E-state index in [0.29, 0.717) is 5.75 Å². The Morgan fingerprint density at radius 2 is 1.82 bits per heavy atom.